The Morgan fingerprint density at radius 2 is 2.00 bits per heavy atom. The van der Waals surface area contributed by atoms with Crippen LogP contribution in [-0.4, -0.2) is 6.54 Å². The van der Waals surface area contributed by atoms with Gasteiger partial charge in [-0.3, -0.25) is 0 Å². The quantitative estimate of drug-likeness (QED) is 0.691. The summed E-state index contributed by atoms with van der Waals surface area (Å²) in [6, 6.07) is 0.517. The van der Waals surface area contributed by atoms with E-state index >= 15 is 0 Å². The van der Waals surface area contributed by atoms with Gasteiger partial charge in [0.05, 0.1) is 0 Å². The lowest BCUT2D eigenvalue weighted by molar-refractivity contribution is 0.156. The molecule has 0 spiro atoms. The maximum atomic E-state index is 3.79. The van der Waals surface area contributed by atoms with Crippen molar-refractivity contribution in [1.82, 2.24) is 5.32 Å². The van der Waals surface area contributed by atoms with Crippen LogP contribution in [0.5, 0.6) is 0 Å². The molecule has 0 bridgehead atoms. The molecule has 1 saturated carbocycles. The monoisotopic (exact) mass is 343 g/mol. The minimum atomic E-state index is 0.466. The molecule has 1 N–H and O–H groups in total. The molecule has 0 aliphatic heterocycles. The van der Waals surface area contributed by atoms with Crippen LogP contribution < -0.4 is 5.32 Å². The van der Waals surface area contributed by atoms with Gasteiger partial charge in [0.25, 0.3) is 0 Å². The van der Waals surface area contributed by atoms with Gasteiger partial charge in [-0.2, -0.15) is 11.3 Å². The zero-order valence-electron chi connectivity index (χ0n) is 12.3. The molecular weight excluding hydrogens is 318 g/mol. The van der Waals surface area contributed by atoms with Crippen molar-refractivity contribution >= 4 is 27.3 Å². The number of halogens is 1. The predicted molar refractivity (Wildman–Crippen MR) is 88.8 cm³/mol. The van der Waals surface area contributed by atoms with Gasteiger partial charge in [-0.15, -0.1) is 0 Å². The van der Waals surface area contributed by atoms with Gasteiger partial charge in [-0.25, -0.2) is 0 Å². The van der Waals surface area contributed by atoms with E-state index in [0.717, 1.165) is 12.5 Å². The van der Waals surface area contributed by atoms with E-state index in [4.69, 9.17) is 0 Å². The van der Waals surface area contributed by atoms with Crippen molar-refractivity contribution in [1.29, 1.82) is 0 Å². The van der Waals surface area contributed by atoms with Crippen molar-refractivity contribution < 1.29 is 0 Å². The van der Waals surface area contributed by atoms with Gasteiger partial charge in [-0.05, 0) is 64.0 Å². The van der Waals surface area contributed by atoms with Crippen molar-refractivity contribution in [2.45, 2.75) is 58.9 Å². The Labute approximate surface area is 130 Å². The van der Waals surface area contributed by atoms with Crippen LogP contribution in [0, 0.1) is 11.3 Å². The summed E-state index contributed by atoms with van der Waals surface area (Å²) in [5.74, 6) is 0.775. The lowest BCUT2D eigenvalue weighted by Gasteiger charge is -2.40. The van der Waals surface area contributed by atoms with E-state index in [1.807, 2.05) is 11.3 Å². The Balaban J connectivity index is 2.32. The number of rotatable bonds is 6. The minimum absolute atomic E-state index is 0.466. The van der Waals surface area contributed by atoms with Crippen LogP contribution in [0.15, 0.2) is 15.2 Å². The molecule has 1 aromatic heterocycles. The zero-order valence-corrected chi connectivity index (χ0v) is 14.7. The molecular formula is C16H26BrNS. The van der Waals surface area contributed by atoms with Gasteiger partial charge in [0, 0.05) is 15.9 Å². The van der Waals surface area contributed by atoms with E-state index in [9.17, 15) is 0 Å². The fourth-order valence-corrected chi connectivity index (χ4v) is 5.41. The second kappa shape index (κ2) is 6.73. The maximum absolute atomic E-state index is 3.79. The van der Waals surface area contributed by atoms with E-state index in [0.29, 0.717) is 11.5 Å². The van der Waals surface area contributed by atoms with Gasteiger partial charge in [-0.1, -0.05) is 33.6 Å². The molecule has 1 aliphatic carbocycles. The minimum Gasteiger partial charge on any atom is -0.310 e. The van der Waals surface area contributed by atoms with Gasteiger partial charge >= 0.3 is 0 Å². The molecule has 3 heteroatoms. The van der Waals surface area contributed by atoms with E-state index in [2.05, 4.69) is 52.8 Å². The SMILES string of the molecule is CCNC(c1cscc1Br)C1(CC(C)C)CCCC1. The molecule has 1 aliphatic rings. The number of hydrogen-bond donors (Lipinski definition) is 1. The number of hydrogen-bond acceptors (Lipinski definition) is 2. The molecule has 1 atom stereocenters. The molecule has 1 fully saturated rings. The van der Waals surface area contributed by atoms with Gasteiger partial charge in [0.1, 0.15) is 0 Å². The average molecular weight is 344 g/mol. The second-order valence-corrected chi connectivity index (χ2v) is 7.93. The summed E-state index contributed by atoms with van der Waals surface area (Å²) in [6.45, 7) is 8.01. The Morgan fingerprint density at radius 3 is 2.47 bits per heavy atom. The van der Waals surface area contributed by atoms with Gasteiger partial charge in [0.15, 0.2) is 0 Å². The summed E-state index contributed by atoms with van der Waals surface area (Å²) in [4.78, 5) is 0. The molecule has 0 radical (unpaired) electrons. The van der Waals surface area contributed by atoms with Crippen molar-refractivity contribution in [2.24, 2.45) is 11.3 Å². The third-order valence-electron chi connectivity index (χ3n) is 4.39. The van der Waals surface area contributed by atoms with Crippen LogP contribution in [0.3, 0.4) is 0 Å². The van der Waals surface area contributed by atoms with Crippen molar-refractivity contribution in [2.75, 3.05) is 6.54 Å². The molecule has 0 saturated heterocycles. The highest BCUT2D eigenvalue weighted by molar-refractivity contribution is 9.10. The first kappa shape index (κ1) is 15.5. The number of nitrogens with one attached hydrogen (secondary N) is 1. The smallest absolute Gasteiger partial charge is 0.0396 e. The van der Waals surface area contributed by atoms with E-state index in [1.165, 1.54) is 42.1 Å². The first-order valence-electron chi connectivity index (χ1n) is 7.54. The third-order valence-corrected chi connectivity index (χ3v) is 6.14. The lowest BCUT2D eigenvalue weighted by Crippen LogP contribution is -2.37. The summed E-state index contributed by atoms with van der Waals surface area (Å²) in [5, 5.41) is 8.34. The van der Waals surface area contributed by atoms with Crippen molar-refractivity contribution in [3.63, 3.8) is 0 Å². The van der Waals surface area contributed by atoms with E-state index < -0.39 is 0 Å². The van der Waals surface area contributed by atoms with Crippen molar-refractivity contribution in [3.8, 4) is 0 Å². The summed E-state index contributed by atoms with van der Waals surface area (Å²) in [6.07, 6.45) is 6.90. The molecule has 1 aromatic rings. The molecule has 1 heterocycles. The van der Waals surface area contributed by atoms with E-state index in [-0.39, 0.29) is 0 Å². The molecule has 19 heavy (non-hydrogen) atoms. The molecule has 0 aromatic carbocycles. The second-order valence-electron chi connectivity index (χ2n) is 6.33. The average Bonchev–Trinajstić information content (AvgIpc) is 2.96. The van der Waals surface area contributed by atoms with Crippen molar-refractivity contribution in [3.05, 3.63) is 20.8 Å². The fourth-order valence-electron chi connectivity index (χ4n) is 3.86. The first-order chi connectivity index (χ1) is 9.09. The highest BCUT2D eigenvalue weighted by Crippen LogP contribution is 2.53. The molecule has 108 valence electrons. The standard InChI is InChI=1S/C16H26BrNS/c1-4-18-15(13-10-19-11-14(13)17)16(9-12(2)3)7-5-6-8-16/h10-12,15,18H,4-9H2,1-3H3. The Kier molecular flexibility index (Phi) is 5.50. The fraction of sp³-hybridized carbons (Fsp3) is 0.750. The summed E-state index contributed by atoms with van der Waals surface area (Å²) in [5.41, 5.74) is 1.95. The molecule has 0 amide bonds. The van der Waals surface area contributed by atoms with E-state index in [1.54, 1.807) is 0 Å². The first-order valence-corrected chi connectivity index (χ1v) is 9.27. The lowest BCUT2D eigenvalue weighted by atomic mass is 9.70. The number of thiophene rings is 1. The largest absolute Gasteiger partial charge is 0.310 e. The van der Waals surface area contributed by atoms with Crippen LogP contribution in [0.25, 0.3) is 0 Å². The Hall–Kier alpha value is 0.140. The highest BCUT2D eigenvalue weighted by atomic mass is 79.9. The Morgan fingerprint density at radius 1 is 1.32 bits per heavy atom. The zero-order chi connectivity index (χ0) is 13.9. The topological polar surface area (TPSA) is 12.0 Å². The molecule has 2 rings (SSSR count). The molecule has 1 unspecified atom stereocenters. The van der Waals surface area contributed by atoms with Crippen LogP contribution in [0.2, 0.25) is 0 Å². The summed E-state index contributed by atoms with van der Waals surface area (Å²) < 4.78 is 1.29. The van der Waals surface area contributed by atoms with Crippen LogP contribution in [0.4, 0.5) is 0 Å². The van der Waals surface area contributed by atoms with Gasteiger partial charge < -0.3 is 5.32 Å². The van der Waals surface area contributed by atoms with Gasteiger partial charge in [0.2, 0.25) is 0 Å². The van der Waals surface area contributed by atoms with Crippen LogP contribution in [0.1, 0.15) is 64.5 Å². The summed E-state index contributed by atoms with van der Waals surface area (Å²) in [7, 11) is 0. The van der Waals surface area contributed by atoms with Crippen LogP contribution in [-0.2, 0) is 0 Å². The van der Waals surface area contributed by atoms with Crippen LogP contribution >= 0.6 is 27.3 Å². The summed E-state index contributed by atoms with van der Waals surface area (Å²) >= 11 is 5.55. The Bertz CT molecular complexity index is 393. The normalized spacial score (nSPS) is 20.1. The molecule has 1 nitrogen and oxygen atoms in total. The predicted octanol–water partition coefficient (Wildman–Crippen LogP) is 5.77. The maximum Gasteiger partial charge on any atom is 0.0396 e. The third kappa shape index (κ3) is 3.43. The highest BCUT2D eigenvalue weighted by Gasteiger charge is 2.42.